The van der Waals surface area contributed by atoms with E-state index in [2.05, 4.69) is 23.8 Å². The minimum absolute atomic E-state index is 0.485. The standard InChI is InChI=1S/C10H23N3O/c1-9-7-12(2)8-10(6-11)13(9)4-5-14-3/h9-10H,4-8,11H2,1-3H3. The maximum absolute atomic E-state index is 5.78. The minimum Gasteiger partial charge on any atom is -0.383 e. The third-order valence-corrected chi connectivity index (χ3v) is 2.96. The molecule has 2 atom stereocenters. The molecule has 0 aromatic rings. The van der Waals surface area contributed by atoms with Gasteiger partial charge in [-0.25, -0.2) is 0 Å². The summed E-state index contributed by atoms with van der Waals surface area (Å²) < 4.78 is 5.12. The molecule has 0 saturated carbocycles. The zero-order chi connectivity index (χ0) is 10.6. The van der Waals surface area contributed by atoms with E-state index in [0.717, 1.165) is 32.8 Å². The van der Waals surface area contributed by atoms with E-state index >= 15 is 0 Å². The van der Waals surface area contributed by atoms with Crippen LogP contribution in [0.2, 0.25) is 0 Å². The molecule has 84 valence electrons. The Balaban J connectivity index is 2.49. The Kier molecular flexibility index (Phi) is 4.81. The van der Waals surface area contributed by atoms with Crippen LogP contribution in [0.3, 0.4) is 0 Å². The SMILES string of the molecule is COCCN1C(C)CN(C)CC1CN. The molecule has 0 aromatic heterocycles. The van der Waals surface area contributed by atoms with Gasteiger partial charge in [0.25, 0.3) is 0 Å². The van der Waals surface area contributed by atoms with Crippen LogP contribution in [0.15, 0.2) is 0 Å². The van der Waals surface area contributed by atoms with Crippen LogP contribution in [0.5, 0.6) is 0 Å². The fourth-order valence-corrected chi connectivity index (χ4v) is 2.26. The second kappa shape index (κ2) is 5.66. The number of hydrogen-bond donors (Lipinski definition) is 1. The average Bonchev–Trinajstić information content (AvgIpc) is 2.15. The fraction of sp³-hybridized carbons (Fsp3) is 1.00. The maximum atomic E-state index is 5.78. The summed E-state index contributed by atoms with van der Waals surface area (Å²) in [6.07, 6.45) is 0. The van der Waals surface area contributed by atoms with Gasteiger partial charge in [-0.05, 0) is 14.0 Å². The molecule has 0 aliphatic carbocycles. The maximum Gasteiger partial charge on any atom is 0.0589 e. The van der Waals surface area contributed by atoms with Crippen molar-refractivity contribution in [2.45, 2.75) is 19.0 Å². The lowest BCUT2D eigenvalue weighted by molar-refractivity contribution is 0.0274. The van der Waals surface area contributed by atoms with Gasteiger partial charge < -0.3 is 15.4 Å². The largest absolute Gasteiger partial charge is 0.383 e. The first-order chi connectivity index (χ1) is 6.69. The fourth-order valence-electron chi connectivity index (χ4n) is 2.26. The minimum atomic E-state index is 0.485. The molecule has 1 aliphatic heterocycles. The van der Waals surface area contributed by atoms with Gasteiger partial charge in [0.05, 0.1) is 6.61 Å². The van der Waals surface area contributed by atoms with Gasteiger partial charge in [0.1, 0.15) is 0 Å². The molecule has 0 amide bonds. The summed E-state index contributed by atoms with van der Waals surface area (Å²) in [5.41, 5.74) is 5.78. The highest BCUT2D eigenvalue weighted by Gasteiger charge is 2.28. The van der Waals surface area contributed by atoms with Gasteiger partial charge in [-0.2, -0.15) is 0 Å². The Morgan fingerprint density at radius 1 is 1.43 bits per heavy atom. The lowest BCUT2D eigenvalue weighted by Gasteiger charge is -2.44. The molecule has 4 heteroatoms. The van der Waals surface area contributed by atoms with Crippen LogP contribution in [0.4, 0.5) is 0 Å². The molecule has 1 aliphatic rings. The Bertz CT molecular complexity index is 165. The predicted octanol–water partition coefficient (Wildman–Crippen LogP) is -0.404. The summed E-state index contributed by atoms with van der Waals surface area (Å²) >= 11 is 0. The van der Waals surface area contributed by atoms with E-state index in [0.29, 0.717) is 12.1 Å². The number of hydrogen-bond acceptors (Lipinski definition) is 4. The lowest BCUT2D eigenvalue weighted by Crippen LogP contribution is -2.59. The van der Waals surface area contributed by atoms with Crippen LogP contribution in [0.1, 0.15) is 6.92 Å². The number of nitrogens with zero attached hydrogens (tertiary/aromatic N) is 2. The summed E-state index contributed by atoms with van der Waals surface area (Å²) in [5.74, 6) is 0. The summed E-state index contributed by atoms with van der Waals surface area (Å²) in [6, 6.07) is 1.07. The lowest BCUT2D eigenvalue weighted by atomic mass is 10.1. The molecule has 0 radical (unpaired) electrons. The van der Waals surface area contributed by atoms with Crippen molar-refractivity contribution >= 4 is 0 Å². The van der Waals surface area contributed by atoms with Crippen LogP contribution in [0, 0.1) is 0 Å². The van der Waals surface area contributed by atoms with Crippen molar-refractivity contribution in [2.24, 2.45) is 5.73 Å². The van der Waals surface area contributed by atoms with Gasteiger partial charge in [-0.15, -0.1) is 0 Å². The number of nitrogens with two attached hydrogens (primary N) is 1. The van der Waals surface area contributed by atoms with E-state index < -0.39 is 0 Å². The first-order valence-corrected chi connectivity index (χ1v) is 5.32. The van der Waals surface area contributed by atoms with Crippen LogP contribution >= 0.6 is 0 Å². The molecule has 2 N–H and O–H groups in total. The van der Waals surface area contributed by atoms with Crippen molar-refractivity contribution in [2.75, 3.05) is 46.9 Å². The van der Waals surface area contributed by atoms with Gasteiger partial charge in [0, 0.05) is 45.4 Å². The molecular weight excluding hydrogens is 178 g/mol. The summed E-state index contributed by atoms with van der Waals surface area (Å²) in [7, 11) is 3.91. The van der Waals surface area contributed by atoms with E-state index in [9.17, 15) is 0 Å². The number of rotatable bonds is 4. The molecule has 0 bridgehead atoms. The number of likely N-dealkylation sites (N-methyl/N-ethyl adjacent to an activating group) is 1. The average molecular weight is 201 g/mol. The van der Waals surface area contributed by atoms with E-state index in [4.69, 9.17) is 10.5 Å². The second-order valence-electron chi connectivity index (χ2n) is 4.19. The first kappa shape index (κ1) is 11.9. The van der Waals surface area contributed by atoms with Crippen molar-refractivity contribution in [3.05, 3.63) is 0 Å². The van der Waals surface area contributed by atoms with E-state index in [-0.39, 0.29) is 0 Å². The third kappa shape index (κ3) is 2.92. The smallest absolute Gasteiger partial charge is 0.0589 e. The van der Waals surface area contributed by atoms with Crippen molar-refractivity contribution in [1.82, 2.24) is 9.80 Å². The normalized spacial score (nSPS) is 30.9. The van der Waals surface area contributed by atoms with Gasteiger partial charge in [0.15, 0.2) is 0 Å². The topological polar surface area (TPSA) is 41.7 Å². The van der Waals surface area contributed by atoms with E-state index in [1.165, 1.54) is 0 Å². The summed E-state index contributed by atoms with van der Waals surface area (Å²) in [6.45, 7) is 6.98. The number of piperazine rings is 1. The van der Waals surface area contributed by atoms with Gasteiger partial charge in [0.2, 0.25) is 0 Å². The predicted molar refractivity (Wildman–Crippen MR) is 58.4 cm³/mol. The Morgan fingerprint density at radius 3 is 2.71 bits per heavy atom. The molecule has 4 nitrogen and oxygen atoms in total. The molecule has 1 rings (SSSR count). The van der Waals surface area contributed by atoms with Crippen molar-refractivity contribution in [3.8, 4) is 0 Å². The van der Waals surface area contributed by atoms with Crippen molar-refractivity contribution in [3.63, 3.8) is 0 Å². The molecular formula is C10H23N3O. The highest BCUT2D eigenvalue weighted by molar-refractivity contribution is 4.86. The van der Waals surface area contributed by atoms with Crippen LogP contribution in [-0.4, -0.2) is 68.8 Å². The van der Waals surface area contributed by atoms with E-state index in [1.807, 2.05) is 0 Å². The van der Waals surface area contributed by atoms with Crippen LogP contribution in [0.25, 0.3) is 0 Å². The van der Waals surface area contributed by atoms with E-state index in [1.54, 1.807) is 7.11 Å². The highest BCUT2D eigenvalue weighted by Crippen LogP contribution is 2.13. The van der Waals surface area contributed by atoms with Crippen molar-refractivity contribution in [1.29, 1.82) is 0 Å². The summed E-state index contributed by atoms with van der Waals surface area (Å²) in [5, 5.41) is 0. The molecule has 1 saturated heterocycles. The van der Waals surface area contributed by atoms with Gasteiger partial charge in [-0.3, -0.25) is 4.90 Å². The first-order valence-electron chi connectivity index (χ1n) is 5.32. The van der Waals surface area contributed by atoms with Crippen LogP contribution < -0.4 is 5.73 Å². The second-order valence-corrected chi connectivity index (χ2v) is 4.19. The summed E-state index contributed by atoms with van der Waals surface area (Å²) in [4.78, 5) is 4.81. The Hall–Kier alpha value is -0.160. The quantitative estimate of drug-likeness (QED) is 0.672. The van der Waals surface area contributed by atoms with Crippen LogP contribution in [-0.2, 0) is 4.74 Å². The Labute approximate surface area is 87.0 Å². The van der Waals surface area contributed by atoms with Crippen molar-refractivity contribution < 1.29 is 4.74 Å². The van der Waals surface area contributed by atoms with Gasteiger partial charge in [-0.1, -0.05) is 0 Å². The zero-order valence-corrected chi connectivity index (χ0v) is 9.57. The molecule has 1 heterocycles. The third-order valence-electron chi connectivity index (χ3n) is 2.96. The zero-order valence-electron chi connectivity index (χ0n) is 9.57. The monoisotopic (exact) mass is 201 g/mol. The number of ether oxygens (including phenoxy) is 1. The number of methoxy groups -OCH3 is 1. The Morgan fingerprint density at radius 2 is 2.14 bits per heavy atom. The molecule has 0 spiro atoms. The highest BCUT2D eigenvalue weighted by atomic mass is 16.5. The molecule has 0 aromatic carbocycles. The van der Waals surface area contributed by atoms with Gasteiger partial charge >= 0.3 is 0 Å². The molecule has 1 fully saturated rings. The molecule has 2 unspecified atom stereocenters. The molecule has 14 heavy (non-hydrogen) atoms.